The van der Waals surface area contributed by atoms with E-state index in [1.165, 1.54) is 25.7 Å². The van der Waals surface area contributed by atoms with Crippen LogP contribution in [0.1, 0.15) is 43.2 Å². The van der Waals surface area contributed by atoms with E-state index in [0.717, 1.165) is 16.8 Å². The number of aliphatic hydroxyl groups is 1. The number of aryl methyl sites for hydroxylation is 1. The van der Waals surface area contributed by atoms with Crippen LogP contribution >= 0.6 is 0 Å². The first-order valence-corrected chi connectivity index (χ1v) is 7.19. The van der Waals surface area contributed by atoms with Gasteiger partial charge in [-0.05, 0) is 49.4 Å². The molecule has 0 bridgehead atoms. The maximum absolute atomic E-state index is 12.0. The van der Waals surface area contributed by atoms with Gasteiger partial charge in [-0.1, -0.05) is 24.7 Å². The smallest absolute Gasteiger partial charge is 0.224 e. The number of anilines is 1. The van der Waals surface area contributed by atoms with Gasteiger partial charge in [0.25, 0.3) is 0 Å². The monoisotopic (exact) mass is 271 g/mol. The number of benzene rings is 1. The molecule has 0 aromatic heterocycles. The van der Waals surface area contributed by atoms with Crippen LogP contribution in [0.15, 0.2) is 18.2 Å². The molecule has 2 rings (SSSR count). The van der Waals surface area contributed by atoms with Gasteiger partial charge < -0.3 is 10.4 Å². The molecule has 2 N–H and O–H groups in total. The second-order valence-electron chi connectivity index (χ2n) is 5.39. The maximum atomic E-state index is 12.0. The highest BCUT2D eigenvalue weighted by atomic mass is 16.2. The van der Waals surface area contributed by atoms with Gasteiger partial charge >= 0.3 is 0 Å². The first-order valence-electron chi connectivity index (χ1n) is 7.19. The van der Waals surface area contributed by atoms with Crippen molar-refractivity contribution in [1.82, 2.24) is 0 Å². The Hall–Kier alpha value is -1.79. The third-order valence-corrected chi connectivity index (χ3v) is 3.76. The molecule has 1 aliphatic rings. The van der Waals surface area contributed by atoms with E-state index >= 15 is 0 Å². The van der Waals surface area contributed by atoms with E-state index in [9.17, 15) is 4.79 Å². The minimum Gasteiger partial charge on any atom is -0.384 e. The molecule has 0 aliphatic heterocycles. The van der Waals surface area contributed by atoms with Crippen LogP contribution < -0.4 is 5.32 Å². The Morgan fingerprint density at radius 3 is 2.80 bits per heavy atom. The van der Waals surface area contributed by atoms with Crippen molar-refractivity contribution in [3.8, 4) is 11.8 Å². The van der Waals surface area contributed by atoms with Crippen LogP contribution in [0.3, 0.4) is 0 Å². The number of amides is 1. The predicted molar refractivity (Wildman–Crippen MR) is 80.3 cm³/mol. The molecule has 0 atom stereocenters. The van der Waals surface area contributed by atoms with E-state index in [4.69, 9.17) is 5.11 Å². The van der Waals surface area contributed by atoms with Crippen molar-refractivity contribution in [1.29, 1.82) is 0 Å². The van der Waals surface area contributed by atoms with Crippen molar-refractivity contribution in [2.75, 3.05) is 11.9 Å². The van der Waals surface area contributed by atoms with Crippen molar-refractivity contribution in [3.63, 3.8) is 0 Å². The minimum absolute atomic E-state index is 0.106. The maximum Gasteiger partial charge on any atom is 0.224 e. The Balaban J connectivity index is 1.96. The molecule has 0 saturated heterocycles. The summed E-state index contributed by atoms with van der Waals surface area (Å²) in [5.41, 5.74) is 2.70. The van der Waals surface area contributed by atoms with Crippen molar-refractivity contribution >= 4 is 11.6 Å². The van der Waals surface area contributed by atoms with E-state index in [1.807, 2.05) is 25.1 Å². The van der Waals surface area contributed by atoms with E-state index < -0.39 is 0 Å². The van der Waals surface area contributed by atoms with Crippen LogP contribution in [-0.2, 0) is 4.79 Å². The molecular formula is C17H21NO2. The van der Waals surface area contributed by atoms with E-state index in [1.54, 1.807) is 0 Å². The molecule has 1 fully saturated rings. The summed E-state index contributed by atoms with van der Waals surface area (Å²) >= 11 is 0. The molecule has 1 saturated carbocycles. The zero-order valence-corrected chi connectivity index (χ0v) is 11.9. The van der Waals surface area contributed by atoms with E-state index in [0.29, 0.717) is 12.3 Å². The SMILES string of the molecule is Cc1cc(C#CCO)ccc1NC(=O)CC1CCCC1. The number of rotatable bonds is 3. The van der Waals surface area contributed by atoms with Gasteiger partial charge in [-0.3, -0.25) is 4.79 Å². The van der Waals surface area contributed by atoms with Crippen LogP contribution in [-0.4, -0.2) is 17.6 Å². The fourth-order valence-electron chi connectivity index (χ4n) is 2.70. The van der Waals surface area contributed by atoms with Gasteiger partial charge in [-0.15, -0.1) is 0 Å². The molecule has 20 heavy (non-hydrogen) atoms. The molecule has 0 unspecified atom stereocenters. The lowest BCUT2D eigenvalue weighted by Gasteiger charge is -2.11. The molecule has 1 aliphatic carbocycles. The summed E-state index contributed by atoms with van der Waals surface area (Å²) in [4.78, 5) is 12.0. The largest absolute Gasteiger partial charge is 0.384 e. The van der Waals surface area contributed by atoms with Gasteiger partial charge in [0.15, 0.2) is 0 Å². The van der Waals surface area contributed by atoms with Gasteiger partial charge in [0.2, 0.25) is 5.91 Å². The number of aliphatic hydroxyl groups excluding tert-OH is 1. The lowest BCUT2D eigenvalue weighted by atomic mass is 10.0. The molecule has 1 aromatic rings. The van der Waals surface area contributed by atoms with Crippen LogP contribution in [0, 0.1) is 24.7 Å². The third-order valence-electron chi connectivity index (χ3n) is 3.76. The first kappa shape index (κ1) is 14.6. The van der Waals surface area contributed by atoms with Crippen LogP contribution in [0.5, 0.6) is 0 Å². The van der Waals surface area contributed by atoms with Crippen molar-refractivity contribution < 1.29 is 9.90 Å². The number of carbonyl (C=O) groups excluding carboxylic acids is 1. The second kappa shape index (κ2) is 7.12. The molecule has 1 aromatic carbocycles. The van der Waals surface area contributed by atoms with Crippen LogP contribution in [0.25, 0.3) is 0 Å². The average Bonchev–Trinajstić information content (AvgIpc) is 2.92. The fourth-order valence-corrected chi connectivity index (χ4v) is 2.70. The number of hydrogen-bond donors (Lipinski definition) is 2. The summed E-state index contributed by atoms with van der Waals surface area (Å²) in [6, 6.07) is 5.66. The van der Waals surface area contributed by atoms with Crippen molar-refractivity contribution in [2.24, 2.45) is 5.92 Å². The Bertz CT molecular complexity index is 534. The molecule has 1 amide bonds. The van der Waals surface area contributed by atoms with Gasteiger partial charge in [-0.2, -0.15) is 0 Å². The first-order chi connectivity index (χ1) is 9.69. The lowest BCUT2D eigenvalue weighted by Crippen LogP contribution is -2.15. The Kier molecular flexibility index (Phi) is 5.20. The zero-order chi connectivity index (χ0) is 14.4. The van der Waals surface area contributed by atoms with Gasteiger partial charge in [0.1, 0.15) is 6.61 Å². The highest BCUT2D eigenvalue weighted by Crippen LogP contribution is 2.28. The second-order valence-corrected chi connectivity index (χ2v) is 5.39. The molecule has 3 nitrogen and oxygen atoms in total. The topological polar surface area (TPSA) is 49.3 Å². The Morgan fingerprint density at radius 2 is 2.15 bits per heavy atom. The van der Waals surface area contributed by atoms with Gasteiger partial charge in [0, 0.05) is 17.7 Å². The minimum atomic E-state index is -0.140. The number of nitrogens with one attached hydrogen (secondary N) is 1. The highest BCUT2D eigenvalue weighted by molar-refractivity contribution is 5.91. The highest BCUT2D eigenvalue weighted by Gasteiger charge is 2.18. The standard InChI is InChI=1S/C17H21NO2/c1-13-11-15(7-4-10-19)8-9-16(13)18-17(20)12-14-5-2-3-6-14/h8-9,11,14,19H,2-3,5-6,10,12H2,1H3,(H,18,20). The Labute approximate surface area is 120 Å². The average molecular weight is 271 g/mol. The summed E-state index contributed by atoms with van der Waals surface area (Å²) in [7, 11) is 0. The zero-order valence-electron chi connectivity index (χ0n) is 11.9. The van der Waals surface area contributed by atoms with Gasteiger partial charge in [0.05, 0.1) is 0 Å². The third kappa shape index (κ3) is 4.11. The van der Waals surface area contributed by atoms with Gasteiger partial charge in [-0.25, -0.2) is 0 Å². The normalized spacial score (nSPS) is 14.7. The van der Waals surface area contributed by atoms with E-state index in [2.05, 4.69) is 17.2 Å². The summed E-state index contributed by atoms with van der Waals surface area (Å²) in [5.74, 6) is 6.15. The summed E-state index contributed by atoms with van der Waals surface area (Å²) in [6.07, 6.45) is 5.51. The molecule has 0 spiro atoms. The number of carbonyl (C=O) groups is 1. The molecule has 106 valence electrons. The van der Waals surface area contributed by atoms with E-state index in [-0.39, 0.29) is 12.5 Å². The van der Waals surface area contributed by atoms with Crippen molar-refractivity contribution in [2.45, 2.75) is 39.0 Å². The quantitative estimate of drug-likeness (QED) is 0.831. The molecular weight excluding hydrogens is 250 g/mol. The van der Waals surface area contributed by atoms with Crippen LogP contribution in [0.4, 0.5) is 5.69 Å². The summed E-state index contributed by atoms with van der Waals surface area (Å²) in [6.45, 7) is 1.81. The predicted octanol–water partition coefficient (Wildman–Crippen LogP) is 2.86. The molecule has 0 heterocycles. The van der Waals surface area contributed by atoms with Crippen molar-refractivity contribution in [3.05, 3.63) is 29.3 Å². The molecule has 3 heteroatoms. The fraction of sp³-hybridized carbons (Fsp3) is 0.471. The molecule has 0 radical (unpaired) electrons. The van der Waals surface area contributed by atoms with Crippen LogP contribution in [0.2, 0.25) is 0 Å². The summed E-state index contributed by atoms with van der Waals surface area (Å²) < 4.78 is 0. The number of hydrogen-bond acceptors (Lipinski definition) is 2. The summed E-state index contributed by atoms with van der Waals surface area (Å²) in [5, 5.41) is 11.7. The lowest BCUT2D eigenvalue weighted by molar-refractivity contribution is -0.117. The Morgan fingerprint density at radius 1 is 1.40 bits per heavy atom.